The Morgan fingerprint density at radius 1 is 1.36 bits per heavy atom. The summed E-state index contributed by atoms with van der Waals surface area (Å²) in [5.41, 5.74) is 2.94. The van der Waals surface area contributed by atoms with E-state index in [1.807, 2.05) is 13.8 Å². The molecule has 1 unspecified atom stereocenters. The molecule has 0 fully saturated rings. The summed E-state index contributed by atoms with van der Waals surface area (Å²) < 4.78 is 0. The fourth-order valence-electron chi connectivity index (χ4n) is 3.74. The maximum atomic E-state index is 12.9. The Morgan fingerprint density at radius 3 is 2.72 bits per heavy atom. The van der Waals surface area contributed by atoms with Crippen LogP contribution in [0, 0.1) is 26.9 Å². The third-order valence-electron chi connectivity index (χ3n) is 4.77. The first-order chi connectivity index (χ1) is 11.7. The standard InChI is InChI=1S/C19H19N3O3/c1-11-14(10-20)17(12-5-4-6-13(7-12)22(24)25)18-15(21-11)8-19(2,3)9-16(18)23/h4-7,17,21H,8-9H2,1-3H3. The van der Waals surface area contributed by atoms with Crippen molar-refractivity contribution in [3.63, 3.8) is 0 Å². The van der Waals surface area contributed by atoms with E-state index in [0.29, 0.717) is 35.2 Å². The van der Waals surface area contributed by atoms with Gasteiger partial charge >= 0.3 is 0 Å². The first-order valence-corrected chi connectivity index (χ1v) is 8.12. The first-order valence-electron chi connectivity index (χ1n) is 8.12. The second kappa shape index (κ2) is 5.85. The van der Waals surface area contributed by atoms with E-state index in [1.54, 1.807) is 19.1 Å². The molecule has 0 radical (unpaired) electrons. The molecule has 0 saturated carbocycles. The van der Waals surface area contributed by atoms with Gasteiger partial charge in [-0.3, -0.25) is 14.9 Å². The molecule has 6 heteroatoms. The van der Waals surface area contributed by atoms with Crippen molar-refractivity contribution < 1.29 is 9.72 Å². The van der Waals surface area contributed by atoms with Crippen LogP contribution in [-0.4, -0.2) is 10.7 Å². The minimum absolute atomic E-state index is 0.00416. The molecule has 2 aliphatic rings. The molecule has 0 bridgehead atoms. The zero-order chi connectivity index (χ0) is 18.4. The number of dihydropyridines is 1. The van der Waals surface area contributed by atoms with Crippen LogP contribution in [0.4, 0.5) is 5.69 Å². The minimum atomic E-state index is -0.551. The number of carbonyl (C=O) groups is 1. The van der Waals surface area contributed by atoms with E-state index in [9.17, 15) is 20.2 Å². The maximum absolute atomic E-state index is 12.9. The summed E-state index contributed by atoms with van der Waals surface area (Å²) in [6.45, 7) is 5.88. The number of nitro groups is 1. The summed E-state index contributed by atoms with van der Waals surface area (Å²) in [6, 6.07) is 8.39. The number of nitrogens with one attached hydrogen (secondary N) is 1. The van der Waals surface area contributed by atoms with Crippen LogP contribution in [0.25, 0.3) is 0 Å². The summed E-state index contributed by atoms with van der Waals surface area (Å²) in [5, 5.41) is 24.0. The van der Waals surface area contributed by atoms with Gasteiger partial charge in [0, 0.05) is 35.5 Å². The minimum Gasteiger partial charge on any atom is -0.361 e. The number of hydrogen-bond donors (Lipinski definition) is 1. The van der Waals surface area contributed by atoms with E-state index in [4.69, 9.17) is 0 Å². The smallest absolute Gasteiger partial charge is 0.269 e. The molecule has 0 aromatic heterocycles. The summed E-state index contributed by atoms with van der Waals surface area (Å²) in [4.78, 5) is 23.5. The monoisotopic (exact) mass is 337 g/mol. The van der Waals surface area contributed by atoms with Gasteiger partial charge in [-0.15, -0.1) is 0 Å². The Kier molecular flexibility index (Phi) is 3.96. The fraction of sp³-hybridized carbons (Fsp3) is 0.368. The van der Waals surface area contributed by atoms with E-state index in [1.165, 1.54) is 12.1 Å². The molecule has 25 heavy (non-hydrogen) atoms. The average molecular weight is 337 g/mol. The second-order valence-corrected chi connectivity index (χ2v) is 7.39. The van der Waals surface area contributed by atoms with Crippen LogP contribution in [0.2, 0.25) is 0 Å². The predicted octanol–water partition coefficient (Wildman–Crippen LogP) is 3.72. The number of hydrogen-bond acceptors (Lipinski definition) is 5. The molecule has 0 saturated heterocycles. The van der Waals surface area contributed by atoms with E-state index in [2.05, 4.69) is 11.4 Å². The number of carbonyl (C=O) groups excluding carboxylic acids is 1. The number of nitro benzene ring substituents is 1. The highest BCUT2D eigenvalue weighted by Crippen LogP contribution is 2.46. The largest absolute Gasteiger partial charge is 0.361 e. The molecule has 1 heterocycles. The van der Waals surface area contributed by atoms with E-state index in [-0.39, 0.29) is 16.9 Å². The van der Waals surface area contributed by atoms with Gasteiger partial charge in [0.15, 0.2) is 5.78 Å². The van der Waals surface area contributed by atoms with Gasteiger partial charge in [-0.2, -0.15) is 5.26 Å². The lowest BCUT2D eigenvalue weighted by Gasteiger charge is -2.38. The predicted molar refractivity (Wildman–Crippen MR) is 92.3 cm³/mol. The molecular formula is C19H19N3O3. The number of nitriles is 1. The third-order valence-corrected chi connectivity index (χ3v) is 4.77. The molecule has 0 spiro atoms. The van der Waals surface area contributed by atoms with Gasteiger partial charge in [-0.25, -0.2) is 0 Å². The normalized spacial score (nSPS) is 22.2. The third kappa shape index (κ3) is 2.93. The van der Waals surface area contributed by atoms with Gasteiger partial charge in [0.25, 0.3) is 5.69 Å². The molecule has 1 aromatic carbocycles. The zero-order valence-electron chi connectivity index (χ0n) is 14.4. The molecule has 1 N–H and O–H groups in total. The van der Waals surface area contributed by atoms with Gasteiger partial charge in [0.2, 0.25) is 0 Å². The molecule has 128 valence electrons. The van der Waals surface area contributed by atoms with Gasteiger partial charge in [0.05, 0.1) is 22.5 Å². The summed E-state index contributed by atoms with van der Waals surface area (Å²) in [6.07, 6.45) is 1.10. The molecule has 0 amide bonds. The first kappa shape index (κ1) is 16.9. The Morgan fingerprint density at radius 2 is 2.08 bits per heavy atom. The van der Waals surface area contributed by atoms with Crippen LogP contribution >= 0.6 is 0 Å². The van der Waals surface area contributed by atoms with E-state index < -0.39 is 10.8 Å². The molecule has 1 aromatic rings. The lowest BCUT2D eigenvalue weighted by Crippen LogP contribution is -2.36. The van der Waals surface area contributed by atoms with Gasteiger partial charge in [-0.1, -0.05) is 26.0 Å². The second-order valence-electron chi connectivity index (χ2n) is 7.39. The Hall–Kier alpha value is -2.94. The summed E-state index contributed by atoms with van der Waals surface area (Å²) >= 11 is 0. The molecule has 3 rings (SSSR count). The van der Waals surface area contributed by atoms with Crippen LogP contribution in [0.1, 0.15) is 45.1 Å². The van der Waals surface area contributed by atoms with E-state index in [0.717, 1.165) is 5.70 Å². The van der Waals surface area contributed by atoms with Crippen molar-refractivity contribution in [1.82, 2.24) is 5.32 Å². The molecule has 1 atom stereocenters. The van der Waals surface area contributed by atoms with Crippen molar-refractivity contribution in [3.8, 4) is 6.07 Å². The van der Waals surface area contributed by atoms with Gasteiger partial charge < -0.3 is 5.32 Å². The molecular weight excluding hydrogens is 318 g/mol. The Labute approximate surface area is 146 Å². The van der Waals surface area contributed by atoms with Gasteiger partial charge in [0.1, 0.15) is 0 Å². The lowest BCUT2D eigenvalue weighted by molar-refractivity contribution is -0.384. The van der Waals surface area contributed by atoms with Crippen LogP contribution < -0.4 is 5.32 Å². The number of non-ortho nitro benzene ring substituents is 1. The number of benzene rings is 1. The van der Waals surface area contributed by atoms with Crippen LogP contribution in [0.15, 0.2) is 46.8 Å². The maximum Gasteiger partial charge on any atom is 0.269 e. The average Bonchev–Trinajstić information content (AvgIpc) is 2.52. The highest BCUT2D eigenvalue weighted by atomic mass is 16.6. The highest BCUT2D eigenvalue weighted by Gasteiger charge is 2.41. The summed E-state index contributed by atoms with van der Waals surface area (Å²) in [7, 11) is 0. The van der Waals surface area contributed by atoms with E-state index >= 15 is 0 Å². The van der Waals surface area contributed by atoms with Crippen molar-refractivity contribution in [3.05, 3.63) is 62.5 Å². The van der Waals surface area contributed by atoms with Crippen molar-refractivity contribution in [2.45, 2.75) is 39.5 Å². The number of rotatable bonds is 2. The SMILES string of the molecule is CC1=C(C#N)C(c2cccc([N+](=O)[O-])c2)C2=C(CC(C)(C)CC2=O)N1. The van der Waals surface area contributed by atoms with Crippen LogP contribution in [0.3, 0.4) is 0 Å². The van der Waals surface area contributed by atoms with Crippen LogP contribution in [0.5, 0.6) is 0 Å². The number of Topliss-reactive ketones (excluding diaryl/α,β-unsaturated/α-hetero) is 1. The molecule has 1 aliphatic heterocycles. The fourth-order valence-corrected chi connectivity index (χ4v) is 3.74. The number of nitrogens with zero attached hydrogens (tertiary/aromatic N) is 2. The Balaban J connectivity index is 2.20. The highest BCUT2D eigenvalue weighted by molar-refractivity contribution is 6.00. The van der Waals surface area contributed by atoms with Crippen LogP contribution in [-0.2, 0) is 4.79 Å². The van der Waals surface area contributed by atoms with Crippen molar-refractivity contribution in [1.29, 1.82) is 5.26 Å². The molecule has 6 nitrogen and oxygen atoms in total. The number of allylic oxidation sites excluding steroid dienone is 4. The topological polar surface area (TPSA) is 96.0 Å². The Bertz CT molecular complexity index is 887. The van der Waals surface area contributed by atoms with Crippen molar-refractivity contribution >= 4 is 11.5 Å². The van der Waals surface area contributed by atoms with Gasteiger partial charge in [-0.05, 0) is 24.3 Å². The zero-order valence-corrected chi connectivity index (χ0v) is 14.4. The quantitative estimate of drug-likeness (QED) is 0.655. The lowest BCUT2D eigenvalue weighted by atomic mass is 9.69. The van der Waals surface area contributed by atoms with Crippen molar-refractivity contribution in [2.75, 3.05) is 0 Å². The van der Waals surface area contributed by atoms with Crippen molar-refractivity contribution in [2.24, 2.45) is 5.41 Å². The molecule has 1 aliphatic carbocycles. The number of ketones is 1. The summed E-state index contributed by atoms with van der Waals surface area (Å²) in [5.74, 6) is -0.555.